The highest BCUT2D eigenvalue weighted by Gasteiger charge is 2.12. The number of nitrogens with zero attached hydrogens (tertiary/aromatic N) is 3. The van der Waals surface area contributed by atoms with Crippen molar-refractivity contribution in [2.45, 2.75) is 29.8 Å². The van der Waals surface area contributed by atoms with Crippen molar-refractivity contribution in [3.05, 3.63) is 52.4 Å². The lowest BCUT2D eigenvalue weighted by Gasteiger charge is -2.05. The number of hydrogen-bond acceptors (Lipinski definition) is 4. The molecule has 0 aliphatic rings. The van der Waals surface area contributed by atoms with Crippen LogP contribution in [0.15, 0.2) is 51.2 Å². The number of H-pyrrole nitrogens is 1. The quantitative estimate of drug-likeness (QED) is 0.800. The number of benzene rings is 1. The van der Waals surface area contributed by atoms with Crippen molar-refractivity contribution in [1.82, 2.24) is 19.6 Å². The molecule has 0 saturated carbocycles. The molecule has 0 aliphatic heterocycles. The SMILES string of the molecule is CCCc1cc(=O)[nH]c2nnc(Sc3ccccc3)n12. The number of aromatic amines is 1. The summed E-state index contributed by atoms with van der Waals surface area (Å²) in [5.74, 6) is 0.499. The van der Waals surface area contributed by atoms with Crippen molar-refractivity contribution < 1.29 is 0 Å². The molecule has 3 rings (SSSR count). The van der Waals surface area contributed by atoms with Crippen LogP contribution < -0.4 is 5.56 Å². The lowest BCUT2D eigenvalue weighted by Crippen LogP contribution is -2.11. The van der Waals surface area contributed by atoms with E-state index < -0.39 is 0 Å². The maximum atomic E-state index is 11.6. The van der Waals surface area contributed by atoms with Gasteiger partial charge in [0.05, 0.1) is 0 Å². The summed E-state index contributed by atoms with van der Waals surface area (Å²) < 4.78 is 1.92. The first-order valence-corrected chi connectivity index (χ1v) is 7.30. The first kappa shape index (κ1) is 12.9. The molecule has 3 aromatic rings. The van der Waals surface area contributed by atoms with Gasteiger partial charge in [0.2, 0.25) is 10.9 Å². The molecular weight excluding hydrogens is 272 g/mol. The largest absolute Gasteiger partial charge is 0.291 e. The van der Waals surface area contributed by atoms with Gasteiger partial charge in [-0.3, -0.25) is 14.2 Å². The Morgan fingerprint density at radius 3 is 2.80 bits per heavy atom. The number of nitrogens with one attached hydrogen (secondary N) is 1. The van der Waals surface area contributed by atoms with E-state index in [1.165, 1.54) is 11.8 Å². The predicted octanol–water partition coefficient (Wildman–Crippen LogP) is 2.52. The fraction of sp³-hybridized carbons (Fsp3) is 0.214. The maximum absolute atomic E-state index is 11.6. The van der Waals surface area contributed by atoms with Crippen molar-refractivity contribution in [3.8, 4) is 0 Å². The molecule has 2 heterocycles. The lowest BCUT2D eigenvalue weighted by atomic mass is 10.2. The second-order valence-corrected chi connectivity index (χ2v) is 5.47. The second kappa shape index (κ2) is 5.50. The van der Waals surface area contributed by atoms with E-state index in [0.29, 0.717) is 5.78 Å². The molecule has 0 atom stereocenters. The van der Waals surface area contributed by atoms with Crippen LogP contribution in [0.25, 0.3) is 5.78 Å². The van der Waals surface area contributed by atoms with Gasteiger partial charge in [-0.2, -0.15) is 0 Å². The van der Waals surface area contributed by atoms with Gasteiger partial charge in [0.15, 0.2) is 0 Å². The zero-order valence-corrected chi connectivity index (χ0v) is 11.9. The smallest absolute Gasteiger partial charge is 0.252 e. The third-order valence-corrected chi connectivity index (χ3v) is 3.87. The van der Waals surface area contributed by atoms with Crippen LogP contribution in [-0.4, -0.2) is 19.6 Å². The summed E-state index contributed by atoms with van der Waals surface area (Å²) in [7, 11) is 0. The predicted molar refractivity (Wildman–Crippen MR) is 78.2 cm³/mol. The highest BCUT2D eigenvalue weighted by atomic mass is 32.2. The van der Waals surface area contributed by atoms with Crippen molar-refractivity contribution in [2.24, 2.45) is 0 Å². The minimum atomic E-state index is -0.135. The summed E-state index contributed by atoms with van der Waals surface area (Å²) in [4.78, 5) is 15.4. The number of rotatable bonds is 4. The molecule has 0 radical (unpaired) electrons. The molecule has 0 amide bonds. The molecule has 0 saturated heterocycles. The van der Waals surface area contributed by atoms with Gasteiger partial charge in [-0.25, -0.2) is 0 Å². The molecule has 0 spiro atoms. The molecule has 102 valence electrons. The standard InChI is InChI=1S/C14H14N4OS/c1-2-6-10-9-12(19)15-13-16-17-14(18(10)13)20-11-7-4-3-5-8-11/h3-5,7-9H,2,6H2,1H3,(H,15,16,19). The normalized spacial score (nSPS) is 11.1. The second-order valence-electron chi connectivity index (χ2n) is 4.43. The third-order valence-electron chi connectivity index (χ3n) is 2.91. The Bertz CT molecular complexity index is 779. The average Bonchev–Trinajstić information content (AvgIpc) is 2.83. The Morgan fingerprint density at radius 1 is 1.25 bits per heavy atom. The monoisotopic (exact) mass is 286 g/mol. The van der Waals surface area contributed by atoms with Crippen LogP contribution in [0.5, 0.6) is 0 Å². The van der Waals surface area contributed by atoms with E-state index in [1.807, 2.05) is 34.7 Å². The van der Waals surface area contributed by atoms with Gasteiger partial charge in [0, 0.05) is 16.7 Å². The van der Waals surface area contributed by atoms with Gasteiger partial charge < -0.3 is 0 Å². The van der Waals surface area contributed by atoms with Crippen LogP contribution in [0.2, 0.25) is 0 Å². The van der Waals surface area contributed by atoms with E-state index in [1.54, 1.807) is 6.07 Å². The zero-order valence-electron chi connectivity index (χ0n) is 11.0. The summed E-state index contributed by atoms with van der Waals surface area (Å²) in [6, 6.07) is 11.6. The minimum absolute atomic E-state index is 0.135. The summed E-state index contributed by atoms with van der Waals surface area (Å²) in [5, 5.41) is 9.00. The van der Waals surface area contributed by atoms with E-state index in [0.717, 1.165) is 28.6 Å². The molecule has 1 aromatic carbocycles. The summed E-state index contributed by atoms with van der Waals surface area (Å²) in [5.41, 5.74) is 0.805. The highest BCUT2D eigenvalue weighted by Crippen LogP contribution is 2.26. The Labute approximate surface area is 120 Å². The zero-order chi connectivity index (χ0) is 13.9. The van der Waals surface area contributed by atoms with Crippen LogP contribution in [0.3, 0.4) is 0 Å². The Morgan fingerprint density at radius 2 is 2.05 bits per heavy atom. The van der Waals surface area contributed by atoms with Crippen LogP contribution in [0.4, 0.5) is 0 Å². The maximum Gasteiger partial charge on any atom is 0.252 e. The fourth-order valence-electron chi connectivity index (χ4n) is 2.07. The van der Waals surface area contributed by atoms with Gasteiger partial charge in [0.25, 0.3) is 5.56 Å². The van der Waals surface area contributed by atoms with Crippen LogP contribution >= 0.6 is 11.8 Å². The molecule has 1 N–H and O–H groups in total. The van der Waals surface area contributed by atoms with Crippen LogP contribution in [0.1, 0.15) is 19.0 Å². The molecule has 6 heteroatoms. The van der Waals surface area contributed by atoms with Gasteiger partial charge >= 0.3 is 0 Å². The van der Waals surface area contributed by atoms with E-state index >= 15 is 0 Å². The van der Waals surface area contributed by atoms with Crippen molar-refractivity contribution in [3.63, 3.8) is 0 Å². The molecule has 5 nitrogen and oxygen atoms in total. The van der Waals surface area contributed by atoms with E-state index in [4.69, 9.17) is 0 Å². The first-order chi connectivity index (χ1) is 9.78. The molecule has 0 bridgehead atoms. The molecule has 0 unspecified atom stereocenters. The van der Waals surface area contributed by atoms with Crippen LogP contribution in [-0.2, 0) is 6.42 Å². The number of aromatic nitrogens is 4. The summed E-state index contributed by atoms with van der Waals surface area (Å²) >= 11 is 1.54. The van der Waals surface area contributed by atoms with E-state index in [9.17, 15) is 4.79 Å². The van der Waals surface area contributed by atoms with Gasteiger partial charge in [-0.05, 0) is 30.3 Å². The van der Waals surface area contributed by atoms with Crippen molar-refractivity contribution in [2.75, 3.05) is 0 Å². The Kier molecular flexibility index (Phi) is 3.56. The number of aryl methyl sites for hydroxylation is 1. The molecule has 2 aromatic heterocycles. The molecule has 0 fully saturated rings. The Balaban J connectivity index is 2.10. The van der Waals surface area contributed by atoms with Gasteiger partial charge in [-0.1, -0.05) is 31.5 Å². The molecule has 0 aliphatic carbocycles. The van der Waals surface area contributed by atoms with Gasteiger partial charge in [-0.15, -0.1) is 10.2 Å². The minimum Gasteiger partial charge on any atom is -0.291 e. The van der Waals surface area contributed by atoms with Crippen molar-refractivity contribution in [1.29, 1.82) is 0 Å². The lowest BCUT2D eigenvalue weighted by molar-refractivity contribution is 0.800. The van der Waals surface area contributed by atoms with E-state index in [2.05, 4.69) is 22.1 Å². The molecular formula is C14H14N4OS. The first-order valence-electron chi connectivity index (χ1n) is 6.48. The summed E-state index contributed by atoms with van der Waals surface area (Å²) in [6.45, 7) is 2.08. The molecule has 20 heavy (non-hydrogen) atoms. The van der Waals surface area contributed by atoms with Crippen LogP contribution in [0, 0.1) is 0 Å². The third kappa shape index (κ3) is 2.46. The number of hydrogen-bond donors (Lipinski definition) is 1. The topological polar surface area (TPSA) is 63.0 Å². The van der Waals surface area contributed by atoms with Gasteiger partial charge in [0.1, 0.15) is 0 Å². The highest BCUT2D eigenvalue weighted by molar-refractivity contribution is 7.99. The fourth-order valence-corrected chi connectivity index (χ4v) is 2.95. The summed E-state index contributed by atoms with van der Waals surface area (Å²) in [6.07, 6.45) is 1.78. The van der Waals surface area contributed by atoms with Crippen molar-refractivity contribution >= 4 is 17.5 Å². The number of fused-ring (bicyclic) bond motifs is 1. The average molecular weight is 286 g/mol. The Hall–Kier alpha value is -2.08. The van der Waals surface area contributed by atoms with E-state index in [-0.39, 0.29) is 5.56 Å².